The highest BCUT2D eigenvalue weighted by Gasteiger charge is 2.42. The van der Waals surface area contributed by atoms with Crippen LogP contribution in [-0.2, 0) is 16.0 Å². The normalized spacial score (nSPS) is 19.0. The molecule has 2 aliphatic heterocycles. The zero-order valence-corrected chi connectivity index (χ0v) is 21.6. The van der Waals surface area contributed by atoms with Gasteiger partial charge in [0.15, 0.2) is 11.5 Å². The molecule has 2 aromatic carbocycles. The van der Waals surface area contributed by atoms with Gasteiger partial charge in [-0.2, -0.15) is 5.10 Å². The van der Waals surface area contributed by atoms with E-state index < -0.39 is 11.5 Å². The Hall–Kier alpha value is -3.39. The molecule has 36 heavy (non-hydrogen) atoms. The van der Waals surface area contributed by atoms with E-state index in [1.54, 1.807) is 19.2 Å². The van der Waals surface area contributed by atoms with E-state index in [1.165, 1.54) is 0 Å². The minimum absolute atomic E-state index is 0.0114. The molecule has 2 N–H and O–H groups in total. The highest BCUT2D eigenvalue weighted by atomic mass is 16.5. The monoisotopic (exact) mass is 492 g/mol. The Kier molecular flexibility index (Phi) is 7.64. The van der Waals surface area contributed by atoms with Gasteiger partial charge >= 0.3 is 0 Å². The number of benzene rings is 2. The summed E-state index contributed by atoms with van der Waals surface area (Å²) >= 11 is 0. The minimum atomic E-state index is -0.588. The van der Waals surface area contributed by atoms with Gasteiger partial charge in [0, 0.05) is 25.1 Å². The van der Waals surface area contributed by atoms with Crippen LogP contribution in [0.4, 0.5) is 0 Å². The molecular weight excluding hydrogens is 456 g/mol. The smallest absolute Gasteiger partial charge is 0.248 e. The lowest BCUT2D eigenvalue weighted by atomic mass is 9.82. The van der Waals surface area contributed by atoms with Crippen molar-refractivity contribution in [2.75, 3.05) is 27.3 Å². The average Bonchev–Trinajstić information content (AvgIpc) is 2.90. The van der Waals surface area contributed by atoms with E-state index in [9.17, 15) is 9.59 Å². The van der Waals surface area contributed by atoms with Crippen LogP contribution in [0.15, 0.2) is 53.6 Å². The Labute approximate surface area is 213 Å². The van der Waals surface area contributed by atoms with Crippen molar-refractivity contribution in [3.8, 4) is 11.5 Å². The number of hydrazone groups is 1. The van der Waals surface area contributed by atoms with Gasteiger partial charge in [0.05, 0.1) is 37.4 Å². The van der Waals surface area contributed by atoms with Crippen molar-refractivity contribution in [3.63, 3.8) is 0 Å². The fourth-order valence-corrected chi connectivity index (χ4v) is 4.96. The van der Waals surface area contributed by atoms with Gasteiger partial charge in [-0.15, -0.1) is 0 Å². The van der Waals surface area contributed by atoms with E-state index in [0.717, 1.165) is 16.8 Å². The molecule has 0 radical (unpaired) electrons. The zero-order chi connectivity index (χ0) is 25.9. The summed E-state index contributed by atoms with van der Waals surface area (Å²) in [5, 5.41) is 6.47. The van der Waals surface area contributed by atoms with Crippen molar-refractivity contribution < 1.29 is 19.1 Å². The van der Waals surface area contributed by atoms with Crippen molar-refractivity contribution in [1.82, 2.24) is 9.91 Å². The molecule has 0 aromatic heterocycles. The summed E-state index contributed by atoms with van der Waals surface area (Å²) < 4.78 is 10.8. The fraction of sp³-hybridized carbons (Fsp3) is 0.464. The van der Waals surface area contributed by atoms with Crippen LogP contribution in [0.5, 0.6) is 11.5 Å². The van der Waals surface area contributed by atoms with Crippen molar-refractivity contribution in [3.05, 3.63) is 59.7 Å². The molecule has 1 atom stereocenters. The van der Waals surface area contributed by atoms with Gasteiger partial charge in [0.1, 0.15) is 0 Å². The first-order chi connectivity index (χ1) is 17.2. The second-order valence-electron chi connectivity index (χ2n) is 10.2. The molecular formula is C28H36N4O4. The van der Waals surface area contributed by atoms with Gasteiger partial charge in [-0.25, -0.2) is 5.01 Å². The first kappa shape index (κ1) is 25.7. The minimum Gasteiger partial charge on any atom is -0.493 e. The van der Waals surface area contributed by atoms with Crippen molar-refractivity contribution >= 4 is 17.5 Å². The number of likely N-dealkylation sites (tertiary alicyclic amines) is 1. The molecule has 2 aromatic rings. The van der Waals surface area contributed by atoms with Crippen LogP contribution >= 0.6 is 0 Å². The van der Waals surface area contributed by atoms with Crippen LogP contribution in [0.25, 0.3) is 0 Å². The van der Waals surface area contributed by atoms with Crippen LogP contribution in [0, 0.1) is 5.41 Å². The quantitative estimate of drug-likeness (QED) is 0.640. The second-order valence-corrected chi connectivity index (χ2v) is 10.2. The molecule has 2 heterocycles. The Morgan fingerprint density at radius 2 is 1.75 bits per heavy atom. The molecule has 0 spiro atoms. The average molecular weight is 493 g/mol. The molecule has 0 unspecified atom stereocenters. The third-order valence-corrected chi connectivity index (χ3v) is 7.08. The van der Waals surface area contributed by atoms with Crippen molar-refractivity contribution in [1.29, 1.82) is 0 Å². The lowest BCUT2D eigenvalue weighted by Crippen LogP contribution is -2.54. The standard InChI is InChI=1S/C28H36N4O4/c1-28(2)18-23(20-10-11-24(35-3)25(17-20)36-4)30-32(27(28)34)21-12-14-31(15-13-21)26(33)22(29)16-19-8-6-5-7-9-19/h5-11,17,21-22H,12-16,18,29H2,1-4H3/t22-/m0/s1. The lowest BCUT2D eigenvalue weighted by molar-refractivity contribution is -0.145. The fourth-order valence-electron chi connectivity index (χ4n) is 4.96. The van der Waals surface area contributed by atoms with Crippen molar-refractivity contribution in [2.45, 2.75) is 51.6 Å². The summed E-state index contributed by atoms with van der Waals surface area (Å²) in [6, 6.07) is 14.9. The predicted octanol–water partition coefficient (Wildman–Crippen LogP) is 3.23. The van der Waals surface area contributed by atoms with Gasteiger partial charge in [0.2, 0.25) is 11.8 Å². The Bertz CT molecular complexity index is 1120. The Morgan fingerprint density at radius 3 is 2.39 bits per heavy atom. The lowest BCUT2D eigenvalue weighted by Gasteiger charge is -2.42. The van der Waals surface area contributed by atoms with Gasteiger partial charge < -0.3 is 20.1 Å². The van der Waals surface area contributed by atoms with Gasteiger partial charge in [-0.05, 0) is 43.0 Å². The van der Waals surface area contributed by atoms with Gasteiger partial charge in [-0.3, -0.25) is 9.59 Å². The number of nitrogens with two attached hydrogens (primary N) is 1. The number of amides is 2. The third-order valence-electron chi connectivity index (χ3n) is 7.08. The van der Waals surface area contributed by atoms with Crippen molar-refractivity contribution in [2.24, 2.45) is 16.3 Å². The number of nitrogens with zero attached hydrogens (tertiary/aromatic N) is 3. The van der Waals surface area contributed by atoms with E-state index >= 15 is 0 Å². The van der Waals surface area contributed by atoms with E-state index in [2.05, 4.69) is 0 Å². The summed E-state index contributed by atoms with van der Waals surface area (Å²) in [6.07, 6.45) is 2.36. The zero-order valence-electron chi connectivity index (χ0n) is 21.6. The van der Waals surface area contributed by atoms with E-state index in [4.69, 9.17) is 20.3 Å². The number of carbonyl (C=O) groups is 2. The maximum Gasteiger partial charge on any atom is 0.248 e. The molecule has 4 rings (SSSR count). The van der Waals surface area contributed by atoms with Crippen LogP contribution in [0.2, 0.25) is 0 Å². The molecule has 0 bridgehead atoms. The summed E-state index contributed by atoms with van der Waals surface area (Å²) in [7, 11) is 3.20. The second kappa shape index (κ2) is 10.7. The summed E-state index contributed by atoms with van der Waals surface area (Å²) in [6.45, 7) is 5.02. The SMILES string of the molecule is COc1ccc(C2=NN(C3CCN(C(=O)[C@@H](N)Cc4ccccc4)CC3)C(=O)C(C)(C)C2)cc1OC. The molecule has 2 amide bonds. The summed E-state index contributed by atoms with van der Waals surface area (Å²) in [5.41, 5.74) is 8.44. The van der Waals surface area contributed by atoms with Crippen LogP contribution < -0.4 is 15.2 Å². The van der Waals surface area contributed by atoms with E-state index in [1.807, 2.05) is 67.3 Å². The highest BCUT2D eigenvalue weighted by Crippen LogP contribution is 2.36. The summed E-state index contributed by atoms with van der Waals surface area (Å²) in [5.74, 6) is 1.24. The Balaban J connectivity index is 1.47. The third kappa shape index (κ3) is 5.38. The number of methoxy groups -OCH3 is 2. The predicted molar refractivity (Wildman–Crippen MR) is 139 cm³/mol. The summed E-state index contributed by atoms with van der Waals surface area (Å²) in [4.78, 5) is 28.1. The van der Waals surface area contributed by atoms with Crippen LogP contribution in [0.1, 0.15) is 44.2 Å². The van der Waals surface area contributed by atoms with E-state index in [-0.39, 0.29) is 17.9 Å². The molecule has 1 fully saturated rings. The number of carbonyl (C=O) groups excluding carboxylic acids is 2. The largest absolute Gasteiger partial charge is 0.493 e. The Morgan fingerprint density at radius 1 is 1.08 bits per heavy atom. The number of ether oxygens (including phenoxy) is 2. The molecule has 8 heteroatoms. The number of rotatable bonds is 7. The van der Waals surface area contributed by atoms with Gasteiger partial charge in [0.25, 0.3) is 0 Å². The first-order valence-electron chi connectivity index (χ1n) is 12.5. The topological polar surface area (TPSA) is 97.5 Å². The number of hydrogen-bond donors (Lipinski definition) is 1. The van der Waals surface area contributed by atoms with Crippen LogP contribution in [0.3, 0.4) is 0 Å². The molecule has 0 aliphatic carbocycles. The first-order valence-corrected chi connectivity index (χ1v) is 12.5. The van der Waals surface area contributed by atoms with Crippen LogP contribution in [-0.4, -0.2) is 66.8 Å². The molecule has 192 valence electrons. The molecule has 1 saturated heterocycles. The van der Waals surface area contributed by atoms with E-state index in [0.29, 0.717) is 50.3 Å². The number of hydrogen-bond acceptors (Lipinski definition) is 6. The molecule has 2 aliphatic rings. The highest BCUT2D eigenvalue weighted by molar-refractivity contribution is 6.06. The maximum absolute atomic E-state index is 13.3. The van der Waals surface area contributed by atoms with Gasteiger partial charge in [-0.1, -0.05) is 44.2 Å². The molecule has 0 saturated carbocycles. The maximum atomic E-state index is 13.3. The molecule has 8 nitrogen and oxygen atoms in total. The number of piperidine rings is 1.